The van der Waals surface area contributed by atoms with E-state index < -0.39 is 24.2 Å². The molecule has 11 heteroatoms. The lowest BCUT2D eigenvalue weighted by molar-refractivity contribution is -0.135. The number of carbonyl (C=O) groups is 3. The number of amides is 2. The largest absolute Gasteiger partial charge is 0.461 e. The Morgan fingerprint density at radius 3 is 2.34 bits per heavy atom. The van der Waals surface area contributed by atoms with Crippen molar-refractivity contribution in [2.45, 2.75) is 39.2 Å². The molecule has 1 saturated heterocycles. The molecule has 0 spiro atoms. The molecule has 0 saturated carbocycles. The number of anilines is 3. The van der Waals surface area contributed by atoms with Gasteiger partial charge in [0.25, 0.3) is 5.91 Å². The van der Waals surface area contributed by atoms with Gasteiger partial charge in [0.05, 0.1) is 12.3 Å². The maximum Gasteiger partial charge on any atom is 0.387 e. The van der Waals surface area contributed by atoms with E-state index in [1.54, 1.807) is 42.2 Å². The number of alkyl halides is 2. The first kappa shape index (κ1) is 26.8. The zero-order valence-electron chi connectivity index (χ0n) is 20.8. The first-order chi connectivity index (χ1) is 18.3. The fourth-order valence-corrected chi connectivity index (χ4v) is 4.46. The molecule has 0 bridgehead atoms. The fourth-order valence-electron chi connectivity index (χ4n) is 4.46. The molecule has 200 valence electrons. The second-order valence-electron chi connectivity index (χ2n) is 8.67. The molecule has 2 N–H and O–H groups in total. The van der Waals surface area contributed by atoms with E-state index in [1.807, 2.05) is 0 Å². The Kier molecular flexibility index (Phi) is 8.35. The standard InChI is InChI=1S/C27H28F2N4O5/c1-2-37-26(36)23(30)19-14-16-33(18-12-10-17(11-13-18)32-15-6-5-9-22(32)34)25(35)24(19)31-20-7-3-4-8-21(20)38-27(28)29/h3-4,7-8,10-13,27,30-31H,2,5-6,9,14-16H2,1H3. The van der Waals surface area contributed by atoms with E-state index in [9.17, 15) is 23.2 Å². The lowest BCUT2D eigenvalue weighted by Crippen LogP contribution is -2.42. The molecule has 2 aliphatic heterocycles. The van der Waals surface area contributed by atoms with E-state index in [2.05, 4.69) is 10.1 Å². The van der Waals surface area contributed by atoms with Gasteiger partial charge in [-0.05, 0) is 62.6 Å². The van der Waals surface area contributed by atoms with Crippen molar-refractivity contribution < 1.29 is 32.6 Å². The summed E-state index contributed by atoms with van der Waals surface area (Å²) in [5, 5.41) is 11.2. The molecular formula is C27H28F2N4O5. The van der Waals surface area contributed by atoms with Crippen molar-refractivity contribution in [3.8, 4) is 5.75 Å². The van der Waals surface area contributed by atoms with Crippen LogP contribution in [0.1, 0.15) is 32.6 Å². The van der Waals surface area contributed by atoms with Gasteiger partial charge in [0, 0.05) is 36.5 Å². The molecule has 2 aromatic carbocycles. The van der Waals surface area contributed by atoms with Crippen LogP contribution >= 0.6 is 0 Å². The summed E-state index contributed by atoms with van der Waals surface area (Å²) in [6, 6.07) is 12.8. The van der Waals surface area contributed by atoms with Crippen LogP contribution in [0.4, 0.5) is 25.8 Å². The van der Waals surface area contributed by atoms with Crippen LogP contribution in [0.25, 0.3) is 0 Å². The maximum atomic E-state index is 13.7. The molecule has 0 aliphatic carbocycles. The maximum absolute atomic E-state index is 13.7. The van der Waals surface area contributed by atoms with Crippen molar-refractivity contribution in [1.29, 1.82) is 5.41 Å². The number of para-hydroxylation sites is 2. The Hall–Kier alpha value is -4.28. The Balaban J connectivity index is 1.66. The van der Waals surface area contributed by atoms with Crippen molar-refractivity contribution in [3.63, 3.8) is 0 Å². The zero-order chi connectivity index (χ0) is 27.2. The minimum atomic E-state index is -3.09. The monoisotopic (exact) mass is 526 g/mol. The summed E-state index contributed by atoms with van der Waals surface area (Å²) >= 11 is 0. The number of benzene rings is 2. The van der Waals surface area contributed by atoms with Crippen molar-refractivity contribution in [2.75, 3.05) is 34.8 Å². The van der Waals surface area contributed by atoms with Crippen LogP contribution in [0.5, 0.6) is 5.75 Å². The average Bonchev–Trinajstić information content (AvgIpc) is 2.91. The van der Waals surface area contributed by atoms with E-state index >= 15 is 0 Å². The Labute approximate surface area is 218 Å². The van der Waals surface area contributed by atoms with Gasteiger partial charge in [0.1, 0.15) is 17.2 Å². The van der Waals surface area contributed by atoms with Crippen LogP contribution in [-0.2, 0) is 19.1 Å². The number of hydrogen-bond donors (Lipinski definition) is 2. The lowest BCUT2D eigenvalue weighted by atomic mass is 9.98. The van der Waals surface area contributed by atoms with Gasteiger partial charge in [-0.2, -0.15) is 8.78 Å². The van der Waals surface area contributed by atoms with Gasteiger partial charge in [-0.3, -0.25) is 15.0 Å². The van der Waals surface area contributed by atoms with Gasteiger partial charge in [0.15, 0.2) is 0 Å². The third-order valence-electron chi connectivity index (χ3n) is 6.29. The third kappa shape index (κ3) is 5.82. The predicted octanol–water partition coefficient (Wildman–Crippen LogP) is 4.49. The Morgan fingerprint density at radius 1 is 1.00 bits per heavy atom. The van der Waals surface area contributed by atoms with Gasteiger partial charge in [-0.25, -0.2) is 4.79 Å². The summed E-state index contributed by atoms with van der Waals surface area (Å²) < 4.78 is 35.5. The van der Waals surface area contributed by atoms with Crippen LogP contribution in [-0.4, -0.2) is 49.8 Å². The molecule has 0 atom stereocenters. The SMILES string of the molecule is CCOC(=O)C(=N)C1=C(Nc2ccccc2OC(F)F)C(=O)N(c2ccc(N3CCCCC3=O)cc2)CC1. The quantitative estimate of drug-likeness (QED) is 0.368. The normalized spacial score (nSPS) is 16.1. The highest BCUT2D eigenvalue weighted by Gasteiger charge is 2.33. The number of esters is 1. The van der Waals surface area contributed by atoms with Gasteiger partial charge in [-0.1, -0.05) is 12.1 Å². The predicted molar refractivity (Wildman–Crippen MR) is 138 cm³/mol. The van der Waals surface area contributed by atoms with Gasteiger partial charge in [-0.15, -0.1) is 0 Å². The van der Waals surface area contributed by atoms with Crippen molar-refractivity contribution in [3.05, 3.63) is 59.8 Å². The molecule has 2 amide bonds. The molecule has 0 radical (unpaired) electrons. The van der Waals surface area contributed by atoms with E-state index in [-0.39, 0.29) is 48.2 Å². The second-order valence-corrected chi connectivity index (χ2v) is 8.67. The van der Waals surface area contributed by atoms with E-state index in [0.29, 0.717) is 18.7 Å². The number of nitrogens with one attached hydrogen (secondary N) is 2. The van der Waals surface area contributed by atoms with E-state index in [0.717, 1.165) is 18.5 Å². The topological polar surface area (TPSA) is 112 Å². The van der Waals surface area contributed by atoms with Crippen LogP contribution in [0.2, 0.25) is 0 Å². The van der Waals surface area contributed by atoms with Crippen LogP contribution in [0, 0.1) is 5.41 Å². The van der Waals surface area contributed by atoms with E-state index in [1.165, 1.54) is 23.1 Å². The zero-order valence-corrected chi connectivity index (χ0v) is 20.8. The highest BCUT2D eigenvalue weighted by Crippen LogP contribution is 2.32. The smallest absolute Gasteiger partial charge is 0.387 e. The number of hydrogen-bond acceptors (Lipinski definition) is 7. The Morgan fingerprint density at radius 2 is 1.68 bits per heavy atom. The number of ether oxygens (including phenoxy) is 2. The van der Waals surface area contributed by atoms with Crippen LogP contribution in [0.3, 0.4) is 0 Å². The van der Waals surface area contributed by atoms with Crippen LogP contribution in [0.15, 0.2) is 59.8 Å². The van der Waals surface area contributed by atoms with Gasteiger partial charge >= 0.3 is 12.6 Å². The average molecular weight is 527 g/mol. The van der Waals surface area contributed by atoms with E-state index in [4.69, 9.17) is 10.1 Å². The molecule has 2 aliphatic rings. The minimum absolute atomic E-state index is 0.0499. The lowest BCUT2D eigenvalue weighted by Gasteiger charge is -2.32. The second kappa shape index (κ2) is 11.8. The van der Waals surface area contributed by atoms with Crippen molar-refractivity contribution in [2.24, 2.45) is 0 Å². The third-order valence-corrected chi connectivity index (χ3v) is 6.29. The van der Waals surface area contributed by atoms with Crippen LogP contribution < -0.4 is 19.9 Å². The molecule has 1 fully saturated rings. The van der Waals surface area contributed by atoms with Crippen molar-refractivity contribution >= 4 is 40.6 Å². The summed E-state index contributed by atoms with van der Waals surface area (Å²) in [6.07, 6.45) is 2.42. The fraction of sp³-hybridized carbons (Fsp3) is 0.333. The first-order valence-corrected chi connectivity index (χ1v) is 12.3. The van der Waals surface area contributed by atoms with Gasteiger partial charge in [0.2, 0.25) is 5.91 Å². The minimum Gasteiger partial charge on any atom is -0.461 e. The first-order valence-electron chi connectivity index (χ1n) is 12.3. The molecule has 0 aromatic heterocycles. The molecule has 0 unspecified atom stereocenters. The number of carbonyl (C=O) groups excluding carboxylic acids is 3. The van der Waals surface area contributed by atoms with Gasteiger partial charge < -0.3 is 24.6 Å². The highest BCUT2D eigenvalue weighted by molar-refractivity contribution is 6.43. The Bertz CT molecular complexity index is 1260. The highest BCUT2D eigenvalue weighted by atomic mass is 19.3. The number of piperidine rings is 1. The summed E-state index contributed by atoms with van der Waals surface area (Å²) in [6.45, 7) is -0.636. The molecule has 2 heterocycles. The molecule has 4 rings (SSSR count). The van der Waals surface area contributed by atoms with Crippen molar-refractivity contribution in [1.82, 2.24) is 0 Å². The number of rotatable bonds is 9. The number of halogens is 2. The summed E-state index contributed by atoms with van der Waals surface area (Å²) in [5.74, 6) is -1.60. The summed E-state index contributed by atoms with van der Waals surface area (Å²) in [4.78, 5) is 41.5. The summed E-state index contributed by atoms with van der Waals surface area (Å²) in [5.41, 5.74) is 0.850. The number of nitrogens with zero attached hydrogens (tertiary/aromatic N) is 2. The molecule has 2 aromatic rings. The summed E-state index contributed by atoms with van der Waals surface area (Å²) in [7, 11) is 0. The molecular weight excluding hydrogens is 498 g/mol. The molecule has 9 nitrogen and oxygen atoms in total. The molecule has 38 heavy (non-hydrogen) atoms.